The first kappa shape index (κ1) is 13.1. The number of anilines is 1. The van der Waals surface area contributed by atoms with Crippen LogP contribution in [0, 0.1) is 13.8 Å². The average Bonchev–Trinajstić information content (AvgIpc) is 2.41. The zero-order valence-corrected chi connectivity index (χ0v) is 11.8. The summed E-state index contributed by atoms with van der Waals surface area (Å²) >= 11 is 0. The van der Waals surface area contributed by atoms with E-state index in [-0.39, 0.29) is 6.04 Å². The largest absolute Gasteiger partial charge is 0.391 e. The lowest BCUT2D eigenvalue weighted by molar-refractivity contribution is 0.135. The first-order chi connectivity index (χ1) is 9.63. The highest BCUT2D eigenvalue weighted by Crippen LogP contribution is 2.32. The molecule has 4 nitrogen and oxygen atoms in total. The molecule has 0 spiro atoms. The molecule has 0 radical (unpaired) electrons. The highest BCUT2D eigenvalue weighted by Gasteiger charge is 2.28. The van der Waals surface area contributed by atoms with E-state index in [9.17, 15) is 5.11 Å². The molecule has 2 N–H and O–H groups in total. The normalized spacial score (nSPS) is 21.4. The summed E-state index contributed by atoms with van der Waals surface area (Å²) in [6, 6.07) is 10.0. The molecular formula is C16H19N3O. The molecule has 0 fully saturated rings. The van der Waals surface area contributed by atoms with Crippen LogP contribution in [0.5, 0.6) is 0 Å². The minimum absolute atomic E-state index is 0.138. The minimum atomic E-state index is -0.408. The molecular weight excluding hydrogens is 250 g/mol. The van der Waals surface area contributed by atoms with Crippen LogP contribution < -0.4 is 5.32 Å². The summed E-state index contributed by atoms with van der Waals surface area (Å²) in [7, 11) is 0. The summed E-state index contributed by atoms with van der Waals surface area (Å²) in [4.78, 5) is 8.80. The summed E-state index contributed by atoms with van der Waals surface area (Å²) in [5, 5.41) is 13.6. The average molecular weight is 269 g/mol. The second kappa shape index (κ2) is 5.21. The molecule has 1 aliphatic carbocycles. The minimum Gasteiger partial charge on any atom is -0.391 e. The molecule has 1 aromatic carbocycles. The smallest absolute Gasteiger partial charge is 0.223 e. The molecule has 4 heteroatoms. The lowest BCUT2D eigenvalue weighted by atomic mass is 9.86. The number of benzene rings is 1. The molecule has 1 aromatic heterocycles. The number of nitrogens with zero attached hydrogens (tertiary/aromatic N) is 2. The molecule has 1 heterocycles. The number of rotatable bonds is 2. The molecule has 0 aliphatic heterocycles. The fourth-order valence-electron chi connectivity index (χ4n) is 2.85. The highest BCUT2D eigenvalue weighted by molar-refractivity contribution is 5.40. The van der Waals surface area contributed by atoms with Gasteiger partial charge in [-0.1, -0.05) is 24.3 Å². The van der Waals surface area contributed by atoms with Crippen LogP contribution >= 0.6 is 0 Å². The molecule has 0 bridgehead atoms. The monoisotopic (exact) mass is 269 g/mol. The Kier molecular flexibility index (Phi) is 3.40. The van der Waals surface area contributed by atoms with Gasteiger partial charge in [-0.3, -0.25) is 0 Å². The van der Waals surface area contributed by atoms with Gasteiger partial charge in [0.1, 0.15) is 0 Å². The van der Waals surface area contributed by atoms with Crippen molar-refractivity contribution < 1.29 is 5.11 Å². The Balaban J connectivity index is 1.93. The summed E-state index contributed by atoms with van der Waals surface area (Å²) in [6.45, 7) is 3.90. The van der Waals surface area contributed by atoms with Gasteiger partial charge in [-0.2, -0.15) is 0 Å². The van der Waals surface area contributed by atoms with E-state index in [0.717, 1.165) is 29.8 Å². The van der Waals surface area contributed by atoms with Gasteiger partial charge in [-0.15, -0.1) is 0 Å². The predicted octanol–water partition coefficient (Wildman–Crippen LogP) is 2.55. The van der Waals surface area contributed by atoms with Crippen molar-refractivity contribution in [2.45, 2.75) is 38.8 Å². The number of aryl methyl sites for hydroxylation is 3. The zero-order chi connectivity index (χ0) is 14.1. The van der Waals surface area contributed by atoms with Gasteiger partial charge in [-0.05, 0) is 43.9 Å². The molecule has 104 valence electrons. The molecule has 1 aliphatic rings. The Morgan fingerprint density at radius 2 is 1.85 bits per heavy atom. The van der Waals surface area contributed by atoms with E-state index < -0.39 is 6.10 Å². The van der Waals surface area contributed by atoms with Crippen molar-refractivity contribution in [2.24, 2.45) is 0 Å². The second-order valence-electron chi connectivity index (χ2n) is 5.40. The number of hydrogen-bond acceptors (Lipinski definition) is 4. The number of aliphatic hydroxyl groups excluding tert-OH is 1. The Hall–Kier alpha value is -1.94. The quantitative estimate of drug-likeness (QED) is 0.879. The van der Waals surface area contributed by atoms with E-state index >= 15 is 0 Å². The Labute approximate surface area is 118 Å². The van der Waals surface area contributed by atoms with Gasteiger partial charge in [0.2, 0.25) is 5.95 Å². The predicted molar refractivity (Wildman–Crippen MR) is 78.6 cm³/mol. The molecule has 2 aromatic rings. The van der Waals surface area contributed by atoms with Gasteiger partial charge >= 0.3 is 0 Å². The maximum absolute atomic E-state index is 10.3. The summed E-state index contributed by atoms with van der Waals surface area (Å²) < 4.78 is 0. The van der Waals surface area contributed by atoms with Crippen LogP contribution in [0.2, 0.25) is 0 Å². The number of nitrogens with one attached hydrogen (secondary N) is 1. The van der Waals surface area contributed by atoms with Gasteiger partial charge < -0.3 is 10.4 Å². The standard InChI is InChI=1S/C16H19N3O/c1-10-9-11(2)18-16(17-10)19-15-13-6-4-3-5-12(13)7-8-14(15)20/h3-6,9,14-15,20H,7-8H2,1-2H3,(H,17,18,19)/t14-,15+/m1/s1. The van der Waals surface area contributed by atoms with Gasteiger partial charge in [0, 0.05) is 11.4 Å². The molecule has 0 saturated heterocycles. The maximum atomic E-state index is 10.3. The van der Waals surface area contributed by atoms with E-state index in [0.29, 0.717) is 5.95 Å². The third kappa shape index (κ3) is 2.51. The first-order valence-electron chi connectivity index (χ1n) is 6.98. The lowest BCUT2D eigenvalue weighted by Crippen LogP contribution is -2.31. The zero-order valence-electron chi connectivity index (χ0n) is 11.8. The summed E-state index contributed by atoms with van der Waals surface area (Å²) in [5.74, 6) is 0.586. The van der Waals surface area contributed by atoms with Crippen LogP contribution in [-0.2, 0) is 6.42 Å². The van der Waals surface area contributed by atoms with Crippen LogP contribution in [0.4, 0.5) is 5.95 Å². The van der Waals surface area contributed by atoms with Crippen LogP contribution in [0.15, 0.2) is 30.3 Å². The van der Waals surface area contributed by atoms with E-state index in [1.165, 1.54) is 5.56 Å². The molecule has 0 unspecified atom stereocenters. The van der Waals surface area contributed by atoms with E-state index in [2.05, 4.69) is 27.4 Å². The van der Waals surface area contributed by atoms with E-state index in [1.807, 2.05) is 32.0 Å². The topological polar surface area (TPSA) is 58.0 Å². The Morgan fingerprint density at radius 1 is 1.15 bits per heavy atom. The van der Waals surface area contributed by atoms with Crippen molar-refractivity contribution in [3.8, 4) is 0 Å². The Bertz CT molecular complexity index is 607. The van der Waals surface area contributed by atoms with Crippen LogP contribution in [0.3, 0.4) is 0 Å². The van der Waals surface area contributed by atoms with Crippen LogP contribution in [0.1, 0.15) is 35.0 Å². The third-order valence-electron chi connectivity index (χ3n) is 3.75. The number of aliphatic hydroxyl groups is 1. The molecule has 20 heavy (non-hydrogen) atoms. The fraction of sp³-hybridized carbons (Fsp3) is 0.375. The van der Waals surface area contributed by atoms with Crippen molar-refractivity contribution in [1.29, 1.82) is 0 Å². The number of aromatic nitrogens is 2. The Morgan fingerprint density at radius 3 is 2.60 bits per heavy atom. The van der Waals surface area contributed by atoms with Crippen molar-refractivity contribution >= 4 is 5.95 Å². The third-order valence-corrected chi connectivity index (χ3v) is 3.75. The van der Waals surface area contributed by atoms with Crippen molar-refractivity contribution in [3.63, 3.8) is 0 Å². The van der Waals surface area contributed by atoms with Gasteiger partial charge in [-0.25, -0.2) is 9.97 Å². The van der Waals surface area contributed by atoms with Crippen LogP contribution in [0.25, 0.3) is 0 Å². The molecule has 0 amide bonds. The van der Waals surface area contributed by atoms with Gasteiger partial charge in [0.15, 0.2) is 0 Å². The van der Waals surface area contributed by atoms with Crippen LogP contribution in [-0.4, -0.2) is 21.2 Å². The number of fused-ring (bicyclic) bond motifs is 1. The van der Waals surface area contributed by atoms with Crippen molar-refractivity contribution in [3.05, 3.63) is 52.8 Å². The maximum Gasteiger partial charge on any atom is 0.223 e. The fourth-order valence-corrected chi connectivity index (χ4v) is 2.85. The van der Waals surface area contributed by atoms with E-state index in [4.69, 9.17) is 0 Å². The summed E-state index contributed by atoms with van der Waals surface area (Å²) in [6.07, 6.45) is 1.28. The van der Waals surface area contributed by atoms with Gasteiger partial charge in [0.25, 0.3) is 0 Å². The number of hydrogen-bond donors (Lipinski definition) is 2. The summed E-state index contributed by atoms with van der Waals surface area (Å²) in [5.41, 5.74) is 4.30. The molecule has 2 atom stereocenters. The highest BCUT2D eigenvalue weighted by atomic mass is 16.3. The second-order valence-corrected chi connectivity index (χ2v) is 5.40. The lowest BCUT2D eigenvalue weighted by Gasteiger charge is -2.31. The van der Waals surface area contributed by atoms with Crippen molar-refractivity contribution in [1.82, 2.24) is 9.97 Å². The van der Waals surface area contributed by atoms with Crippen molar-refractivity contribution in [2.75, 3.05) is 5.32 Å². The SMILES string of the molecule is Cc1cc(C)nc(N[C@H]2c3ccccc3CC[C@H]2O)n1. The molecule has 3 rings (SSSR count). The van der Waals surface area contributed by atoms with Gasteiger partial charge in [0.05, 0.1) is 12.1 Å². The molecule has 0 saturated carbocycles. The van der Waals surface area contributed by atoms with E-state index in [1.54, 1.807) is 0 Å². The first-order valence-corrected chi connectivity index (χ1v) is 6.98.